The van der Waals surface area contributed by atoms with E-state index in [0.29, 0.717) is 13.0 Å². The summed E-state index contributed by atoms with van der Waals surface area (Å²) in [4.78, 5) is 0. The molecule has 11 heavy (non-hydrogen) atoms. The van der Waals surface area contributed by atoms with Gasteiger partial charge in [-0.2, -0.15) is 13.2 Å². The molecule has 0 radical (unpaired) electrons. The molecule has 64 valence electrons. The van der Waals surface area contributed by atoms with E-state index < -0.39 is 11.6 Å². The van der Waals surface area contributed by atoms with Crippen LogP contribution in [0, 0.1) is 11.3 Å². The lowest BCUT2D eigenvalue weighted by atomic mass is 9.61. The fourth-order valence-corrected chi connectivity index (χ4v) is 2.17. The zero-order valence-corrected chi connectivity index (χ0v) is 6.04. The largest absolute Gasteiger partial charge is 0.396 e. The van der Waals surface area contributed by atoms with Crippen molar-refractivity contribution in [2.45, 2.75) is 19.0 Å². The Labute approximate surface area is 63.0 Å². The van der Waals surface area contributed by atoms with Crippen molar-refractivity contribution in [1.29, 1.82) is 0 Å². The SMILES string of the molecule is FC(F)(F)[C@@]12CC[C@@H]1CNC2. The topological polar surface area (TPSA) is 12.0 Å². The van der Waals surface area contributed by atoms with Crippen LogP contribution in [-0.2, 0) is 0 Å². The molecule has 0 aromatic heterocycles. The predicted molar refractivity (Wildman–Crippen MR) is 34.1 cm³/mol. The van der Waals surface area contributed by atoms with Crippen molar-refractivity contribution in [3.05, 3.63) is 0 Å². The Morgan fingerprint density at radius 2 is 2.09 bits per heavy atom. The van der Waals surface area contributed by atoms with Gasteiger partial charge in [-0.15, -0.1) is 0 Å². The van der Waals surface area contributed by atoms with E-state index in [1.165, 1.54) is 0 Å². The first-order valence-electron chi connectivity index (χ1n) is 3.84. The molecule has 1 saturated heterocycles. The van der Waals surface area contributed by atoms with E-state index in [9.17, 15) is 13.2 Å². The summed E-state index contributed by atoms with van der Waals surface area (Å²) in [6, 6.07) is 0. The van der Waals surface area contributed by atoms with E-state index in [0.717, 1.165) is 6.42 Å². The normalized spacial score (nSPS) is 43.4. The van der Waals surface area contributed by atoms with Gasteiger partial charge in [0, 0.05) is 6.54 Å². The van der Waals surface area contributed by atoms with E-state index in [4.69, 9.17) is 0 Å². The highest BCUT2D eigenvalue weighted by atomic mass is 19.4. The van der Waals surface area contributed by atoms with Gasteiger partial charge in [-0.05, 0) is 25.3 Å². The minimum Gasteiger partial charge on any atom is -0.316 e. The van der Waals surface area contributed by atoms with Gasteiger partial charge in [0.1, 0.15) is 0 Å². The monoisotopic (exact) mass is 165 g/mol. The predicted octanol–water partition coefficient (Wildman–Crippen LogP) is 1.55. The average Bonchev–Trinajstić information content (AvgIpc) is 2.06. The van der Waals surface area contributed by atoms with Crippen LogP contribution < -0.4 is 5.32 Å². The fourth-order valence-electron chi connectivity index (χ4n) is 2.17. The molecule has 1 aliphatic carbocycles. The highest BCUT2D eigenvalue weighted by Crippen LogP contribution is 2.58. The molecule has 1 nitrogen and oxygen atoms in total. The van der Waals surface area contributed by atoms with Crippen LogP contribution in [0.15, 0.2) is 0 Å². The van der Waals surface area contributed by atoms with Crippen molar-refractivity contribution in [2.75, 3.05) is 13.1 Å². The second-order valence-corrected chi connectivity index (χ2v) is 3.52. The van der Waals surface area contributed by atoms with Gasteiger partial charge in [0.2, 0.25) is 0 Å². The number of rotatable bonds is 0. The van der Waals surface area contributed by atoms with Crippen LogP contribution >= 0.6 is 0 Å². The molecule has 0 spiro atoms. The maximum absolute atomic E-state index is 12.4. The molecular weight excluding hydrogens is 155 g/mol. The number of hydrogen-bond acceptors (Lipinski definition) is 1. The lowest BCUT2D eigenvalue weighted by Crippen LogP contribution is -2.51. The van der Waals surface area contributed by atoms with Crippen molar-refractivity contribution >= 4 is 0 Å². The van der Waals surface area contributed by atoms with Crippen LogP contribution in [0.5, 0.6) is 0 Å². The summed E-state index contributed by atoms with van der Waals surface area (Å²) in [5.74, 6) is -0.137. The van der Waals surface area contributed by atoms with E-state index in [1.54, 1.807) is 0 Å². The van der Waals surface area contributed by atoms with Gasteiger partial charge in [0.05, 0.1) is 5.41 Å². The summed E-state index contributed by atoms with van der Waals surface area (Å²) >= 11 is 0. The van der Waals surface area contributed by atoms with Gasteiger partial charge in [-0.25, -0.2) is 0 Å². The lowest BCUT2D eigenvalue weighted by Gasteiger charge is -2.45. The quantitative estimate of drug-likeness (QED) is 0.574. The van der Waals surface area contributed by atoms with Gasteiger partial charge < -0.3 is 5.32 Å². The summed E-state index contributed by atoms with van der Waals surface area (Å²) in [5.41, 5.74) is -1.34. The van der Waals surface area contributed by atoms with Crippen molar-refractivity contribution in [1.82, 2.24) is 5.32 Å². The molecule has 2 rings (SSSR count). The number of fused-ring (bicyclic) bond motifs is 1. The molecule has 2 aliphatic rings. The van der Waals surface area contributed by atoms with E-state index >= 15 is 0 Å². The molecule has 0 unspecified atom stereocenters. The van der Waals surface area contributed by atoms with Gasteiger partial charge in [-0.3, -0.25) is 0 Å². The van der Waals surface area contributed by atoms with Crippen molar-refractivity contribution < 1.29 is 13.2 Å². The fraction of sp³-hybridized carbons (Fsp3) is 1.00. The van der Waals surface area contributed by atoms with Gasteiger partial charge >= 0.3 is 6.18 Å². The third kappa shape index (κ3) is 0.760. The highest BCUT2D eigenvalue weighted by Gasteiger charge is 2.65. The number of halogens is 3. The summed E-state index contributed by atoms with van der Waals surface area (Å²) < 4.78 is 37.2. The summed E-state index contributed by atoms with van der Waals surface area (Å²) in [7, 11) is 0. The van der Waals surface area contributed by atoms with Crippen LogP contribution in [-0.4, -0.2) is 19.3 Å². The minimum atomic E-state index is -3.99. The molecule has 1 saturated carbocycles. The molecule has 0 aromatic rings. The van der Waals surface area contributed by atoms with Gasteiger partial charge in [-0.1, -0.05) is 0 Å². The zero-order valence-electron chi connectivity index (χ0n) is 6.04. The van der Waals surface area contributed by atoms with Crippen molar-refractivity contribution in [3.8, 4) is 0 Å². The van der Waals surface area contributed by atoms with Crippen molar-refractivity contribution in [3.63, 3.8) is 0 Å². The Morgan fingerprint density at radius 1 is 1.36 bits per heavy atom. The molecule has 1 N–H and O–H groups in total. The van der Waals surface area contributed by atoms with Crippen LogP contribution in [0.25, 0.3) is 0 Å². The second kappa shape index (κ2) is 1.91. The first-order chi connectivity index (χ1) is 5.06. The summed E-state index contributed by atoms with van der Waals surface area (Å²) in [6.07, 6.45) is -2.92. The number of hydrogen-bond donors (Lipinski definition) is 1. The Hall–Kier alpha value is -0.250. The standard InChI is InChI=1S/C7H10F3N/c8-7(9,10)6-2-1-5(6)3-11-4-6/h5,11H,1-4H2/t5-,6-/m1/s1. The Kier molecular flexibility index (Phi) is 1.29. The molecule has 1 aliphatic heterocycles. The van der Waals surface area contributed by atoms with Gasteiger partial charge in [0.25, 0.3) is 0 Å². The Bertz CT molecular complexity index is 177. The number of alkyl halides is 3. The van der Waals surface area contributed by atoms with E-state index in [-0.39, 0.29) is 12.5 Å². The smallest absolute Gasteiger partial charge is 0.316 e. The minimum absolute atomic E-state index is 0.137. The average molecular weight is 165 g/mol. The van der Waals surface area contributed by atoms with Crippen LogP contribution in [0.3, 0.4) is 0 Å². The summed E-state index contributed by atoms with van der Waals surface area (Å²) in [6.45, 7) is 0.695. The Morgan fingerprint density at radius 3 is 2.36 bits per heavy atom. The lowest BCUT2D eigenvalue weighted by molar-refractivity contribution is -0.258. The molecule has 2 atom stereocenters. The third-order valence-electron chi connectivity index (χ3n) is 3.12. The van der Waals surface area contributed by atoms with Crippen LogP contribution in [0.4, 0.5) is 13.2 Å². The Balaban J connectivity index is 2.22. The molecule has 1 heterocycles. The van der Waals surface area contributed by atoms with E-state index in [2.05, 4.69) is 5.32 Å². The maximum atomic E-state index is 12.4. The van der Waals surface area contributed by atoms with E-state index in [1.807, 2.05) is 0 Å². The highest BCUT2D eigenvalue weighted by molar-refractivity contribution is 5.06. The first kappa shape index (κ1) is 7.40. The molecule has 2 fully saturated rings. The summed E-state index contributed by atoms with van der Waals surface area (Å²) in [5, 5.41) is 2.81. The maximum Gasteiger partial charge on any atom is 0.396 e. The first-order valence-corrected chi connectivity index (χ1v) is 3.84. The third-order valence-corrected chi connectivity index (χ3v) is 3.12. The molecule has 0 aromatic carbocycles. The van der Waals surface area contributed by atoms with Crippen molar-refractivity contribution in [2.24, 2.45) is 11.3 Å². The zero-order chi connectivity index (χ0) is 8.11. The second-order valence-electron chi connectivity index (χ2n) is 3.52. The molecule has 4 heteroatoms. The number of nitrogens with one attached hydrogen (secondary N) is 1. The molecular formula is C7H10F3N. The van der Waals surface area contributed by atoms with Gasteiger partial charge in [0.15, 0.2) is 0 Å². The van der Waals surface area contributed by atoms with Crippen LogP contribution in [0.2, 0.25) is 0 Å². The van der Waals surface area contributed by atoms with Crippen LogP contribution in [0.1, 0.15) is 12.8 Å². The molecule has 0 bridgehead atoms. The molecule has 0 amide bonds.